The lowest BCUT2D eigenvalue weighted by molar-refractivity contribution is -0.145. The van der Waals surface area contributed by atoms with E-state index in [0.717, 1.165) is 23.8 Å². The zero-order valence-corrected chi connectivity index (χ0v) is 14.9. The molecule has 0 spiro atoms. The van der Waals surface area contributed by atoms with Crippen LogP contribution < -0.4 is 0 Å². The Morgan fingerprint density at radius 3 is 2.42 bits per heavy atom. The first kappa shape index (κ1) is 17.0. The van der Waals surface area contributed by atoms with Crippen LogP contribution in [0.4, 0.5) is 0 Å². The molecule has 2 aromatic carbocycles. The lowest BCUT2D eigenvalue weighted by Crippen LogP contribution is -2.53. The molecule has 5 nitrogen and oxygen atoms in total. The molecule has 0 aliphatic carbocycles. The van der Waals surface area contributed by atoms with E-state index in [1.807, 2.05) is 28.0 Å². The number of hydrogen-bond donors (Lipinski definition) is 0. The number of rotatable bonds is 3. The SMILES string of the molecule is O=C(Cc1ccc2ccccc2c1)N1CCN(C(=O)[C@H]2CCCO2)CC1. The summed E-state index contributed by atoms with van der Waals surface area (Å²) in [5, 5.41) is 2.34. The first-order valence-corrected chi connectivity index (χ1v) is 9.36. The Kier molecular flexibility index (Phi) is 4.89. The van der Waals surface area contributed by atoms with E-state index in [1.54, 1.807) is 0 Å². The maximum absolute atomic E-state index is 12.6. The van der Waals surface area contributed by atoms with E-state index in [1.165, 1.54) is 5.39 Å². The van der Waals surface area contributed by atoms with Crippen molar-refractivity contribution in [3.63, 3.8) is 0 Å². The number of piperazine rings is 1. The molecule has 0 saturated carbocycles. The zero-order chi connectivity index (χ0) is 17.9. The Hall–Kier alpha value is -2.40. The van der Waals surface area contributed by atoms with Gasteiger partial charge in [0.05, 0.1) is 6.42 Å². The van der Waals surface area contributed by atoms with Crippen LogP contribution >= 0.6 is 0 Å². The molecule has 0 bridgehead atoms. The standard InChI is InChI=1S/C21H24N2O3/c24-20(15-16-7-8-17-4-1-2-5-18(17)14-16)22-9-11-23(12-10-22)21(25)19-6-3-13-26-19/h1-2,4-5,7-8,14,19H,3,6,9-13,15H2/t19-/m1/s1. The lowest BCUT2D eigenvalue weighted by Gasteiger charge is -2.35. The summed E-state index contributed by atoms with van der Waals surface area (Å²) in [5.74, 6) is 0.216. The third kappa shape index (κ3) is 3.58. The van der Waals surface area contributed by atoms with E-state index in [-0.39, 0.29) is 17.9 Å². The first-order valence-electron chi connectivity index (χ1n) is 9.36. The number of hydrogen-bond acceptors (Lipinski definition) is 3. The van der Waals surface area contributed by atoms with E-state index in [4.69, 9.17) is 4.74 Å². The zero-order valence-electron chi connectivity index (χ0n) is 14.9. The summed E-state index contributed by atoms with van der Waals surface area (Å²) in [5.41, 5.74) is 1.03. The van der Waals surface area contributed by atoms with E-state index in [9.17, 15) is 9.59 Å². The molecule has 1 atom stereocenters. The summed E-state index contributed by atoms with van der Waals surface area (Å²) in [6, 6.07) is 14.4. The van der Waals surface area contributed by atoms with E-state index in [0.29, 0.717) is 39.2 Å². The van der Waals surface area contributed by atoms with Crippen LogP contribution in [0.1, 0.15) is 18.4 Å². The third-order valence-corrected chi connectivity index (χ3v) is 5.32. The van der Waals surface area contributed by atoms with Crippen molar-refractivity contribution in [3.05, 3.63) is 48.0 Å². The van der Waals surface area contributed by atoms with Crippen LogP contribution in [0.3, 0.4) is 0 Å². The molecule has 2 saturated heterocycles. The van der Waals surface area contributed by atoms with Gasteiger partial charge in [0, 0.05) is 32.8 Å². The molecule has 26 heavy (non-hydrogen) atoms. The van der Waals surface area contributed by atoms with Gasteiger partial charge in [0.25, 0.3) is 5.91 Å². The minimum atomic E-state index is -0.269. The van der Waals surface area contributed by atoms with Gasteiger partial charge in [-0.2, -0.15) is 0 Å². The van der Waals surface area contributed by atoms with Gasteiger partial charge in [-0.15, -0.1) is 0 Å². The molecule has 0 unspecified atom stereocenters. The second-order valence-electron chi connectivity index (χ2n) is 7.07. The molecule has 2 amide bonds. The molecule has 2 fully saturated rings. The smallest absolute Gasteiger partial charge is 0.251 e. The predicted molar refractivity (Wildman–Crippen MR) is 99.8 cm³/mol. The molecule has 2 aliphatic rings. The lowest BCUT2D eigenvalue weighted by atomic mass is 10.0. The fraction of sp³-hybridized carbons (Fsp3) is 0.429. The van der Waals surface area contributed by atoms with Crippen molar-refractivity contribution < 1.29 is 14.3 Å². The number of fused-ring (bicyclic) bond motifs is 1. The molecule has 4 rings (SSSR count). The monoisotopic (exact) mass is 352 g/mol. The van der Waals surface area contributed by atoms with Gasteiger partial charge >= 0.3 is 0 Å². The number of benzene rings is 2. The normalized spacial score (nSPS) is 20.5. The molecule has 136 valence electrons. The largest absolute Gasteiger partial charge is 0.368 e. The quantitative estimate of drug-likeness (QED) is 0.851. The summed E-state index contributed by atoms with van der Waals surface area (Å²) in [4.78, 5) is 28.7. The Balaban J connectivity index is 1.33. The molecule has 5 heteroatoms. The highest BCUT2D eigenvalue weighted by molar-refractivity contribution is 5.86. The average molecular weight is 352 g/mol. The second kappa shape index (κ2) is 7.46. The van der Waals surface area contributed by atoms with Crippen LogP contribution in [-0.2, 0) is 20.7 Å². The Morgan fingerprint density at radius 1 is 0.962 bits per heavy atom. The fourth-order valence-electron chi connectivity index (χ4n) is 3.79. The predicted octanol–water partition coefficient (Wildman–Crippen LogP) is 2.23. The Labute approximate surface area is 153 Å². The molecule has 2 aliphatic heterocycles. The fourth-order valence-corrected chi connectivity index (χ4v) is 3.79. The van der Waals surface area contributed by atoms with Gasteiger partial charge in [-0.3, -0.25) is 9.59 Å². The topological polar surface area (TPSA) is 49.9 Å². The summed E-state index contributed by atoms with van der Waals surface area (Å²) in [6.45, 7) is 3.08. The van der Waals surface area contributed by atoms with Crippen LogP contribution in [0.15, 0.2) is 42.5 Å². The van der Waals surface area contributed by atoms with Crippen LogP contribution in [-0.4, -0.2) is 60.5 Å². The van der Waals surface area contributed by atoms with Crippen molar-refractivity contribution >= 4 is 22.6 Å². The minimum absolute atomic E-state index is 0.0872. The van der Waals surface area contributed by atoms with Gasteiger partial charge in [0.1, 0.15) is 6.10 Å². The van der Waals surface area contributed by atoms with Crippen molar-refractivity contribution in [1.29, 1.82) is 0 Å². The molecular weight excluding hydrogens is 328 g/mol. The van der Waals surface area contributed by atoms with Crippen LogP contribution in [0.5, 0.6) is 0 Å². The summed E-state index contributed by atoms with van der Waals surface area (Å²) in [7, 11) is 0. The molecule has 0 radical (unpaired) electrons. The molecule has 2 aromatic rings. The Bertz CT molecular complexity index is 806. The Morgan fingerprint density at radius 2 is 1.69 bits per heavy atom. The maximum Gasteiger partial charge on any atom is 0.251 e. The van der Waals surface area contributed by atoms with Crippen molar-refractivity contribution in [1.82, 2.24) is 9.80 Å². The highest BCUT2D eigenvalue weighted by Gasteiger charge is 2.31. The second-order valence-corrected chi connectivity index (χ2v) is 7.07. The number of ether oxygens (including phenoxy) is 1. The average Bonchev–Trinajstić information content (AvgIpc) is 3.22. The minimum Gasteiger partial charge on any atom is -0.368 e. The van der Waals surface area contributed by atoms with Gasteiger partial charge in [-0.25, -0.2) is 0 Å². The summed E-state index contributed by atoms with van der Waals surface area (Å²) in [6.07, 6.45) is 1.92. The number of nitrogens with zero attached hydrogens (tertiary/aromatic N) is 2. The van der Waals surface area contributed by atoms with Crippen LogP contribution in [0.2, 0.25) is 0 Å². The molecule has 0 aromatic heterocycles. The van der Waals surface area contributed by atoms with Crippen molar-refractivity contribution in [2.45, 2.75) is 25.4 Å². The van der Waals surface area contributed by atoms with Crippen molar-refractivity contribution in [2.75, 3.05) is 32.8 Å². The number of amides is 2. The summed E-state index contributed by atoms with van der Waals surface area (Å²) < 4.78 is 5.48. The van der Waals surface area contributed by atoms with E-state index >= 15 is 0 Å². The van der Waals surface area contributed by atoms with E-state index in [2.05, 4.69) is 24.3 Å². The highest BCUT2D eigenvalue weighted by Crippen LogP contribution is 2.18. The molecule has 2 heterocycles. The third-order valence-electron chi connectivity index (χ3n) is 5.32. The molecule has 0 N–H and O–H groups in total. The van der Waals surface area contributed by atoms with Gasteiger partial charge in [0.15, 0.2) is 0 Å². The van der Waals surface area contributed by atoms with Gasteiger partial charge in [-0.1, -0.05) is 42.5 Å². The van der Waals surface area contributed by atoms with Crippen molar-refractivity contribution in [3.8, 4) is 0 Å². The van der Waals surface area contributed by atoms with Crippen molar-refractivity contribution in [2.24, 2.45) is 0 Å². The van der Waals surface area contributed by atoms with E-state index < -0.39 is 0 Å². The number of carbonyl (C=O) groups is 2. The van der Waals surface area contributed by atoms with Gasteiger partial charge in [-0.05, 0) is 29.2 Å². The van der Waals surface area contributed by atoms with Crippen LogP contribution in [0.25, 0.3) is 10.8 Å². The molecular formula is C21H24N2O3. The number of carbonyl (C=O) groups excluding carboxylic acids is 2. The maximum atomic E-state index is 12.6. The summed E-state index contributed by atoms with van der Waals surface area (Å²) >= 11 is 0. The van der Waals surface area contributed by atoms with Gasteiger partial charge in [0.2, 0.25) is 5.91 Å². The highest BCUT2D eigenvalue weighted by atomic mass is 16.5. The van der Waals surface area contributed by atoms with Gasteiger partial charge < -0.3 is 14.5 Å². The first-order chi connectivity index (χ1) is 12.7. The van der Waals surface area contributed by atoms with Crippen LogP contribution in [0, 0.1) is 0 Å².